The van der Waals surface area contributed by atoms with Crippen LogP contribution >= 0.6 is 0 Å². The maximum absolute atomic E-state index is 12.0. The maximum atomic E-state index is 12.0. The summed E-state index contributed by atoms with van der Waals surface area (Å²) in [5, 5.41) is 3.30. The second-order valence-electron chi connectivity index (χ2n) is 4.63. The van der Waals surface area contributed by atoms with Crippen LogP contribution in [-0.4, -0.2) is 44.2 Å². The number of rotatable bonds is 3. The van der Waals surface area contributed by atoms with Gasteiger partial charge in [-0.3, -0.25) is 4.90 Å². The average Bonchev–Trinajstić information content (AvgIpc) is 2.40. The Kier molecular flexibility index (Phi) is 4.33. The molecule has 18 heavy (non-hydrogen) atoms. The van der Waals surface area contributed by atoms with Gasteiger partial charge in [0.2, 0.25) is 0 Å². The van der Waals surface area contributed by atoms with Crippen molar-refractivity contribution in [3.8, 4) is 0 Å². The lowest BCUT2D eigenvalue weighted by Gasteiger charge is -2.33. The van der Waals surface area contributed by atoms with Crippen LogP contribution in [0.3, 0.4) is 0 Å². The fraction of sp³-hybridized carbons (Fsp3) is 0.500. The summed E-state index contributed by atoms with van der Waals surface area (Å²) in [5.41, 5.74) is 2.18. The summed E-state index contributed by atoms with van der Waals surface area (Å²) >= 11 is 0. The van der Waals surface area contributed by atoms with Gasteiger partial charge in [-0.25, -0.2) is 4.79 Å². The van der Waals surface area contributed by atoms with E-state index in [1.807, 2.05) is 25.1 Å². The van der Waals surface area contributed by atoms with E-state index in [4.69, 9.17) is 4.74 Å². The van der Waals surface area contributed by atoms with Gasteiger partial charge in [0.15, 0.2) is 0 Å². The molecule has 0 aromatic heterocycles. The number of nitrogens with one attached hydrogen (secondary N) is 1. The minimum atomic E-state index is -0.281. The van der Waals surface area contributed by atoms with Crippen LogP contribution < -0.4 is 5.32 Å². The quantitative estimate of drug-likeness (QED) is 0.814. The summed E-state index contributed by atoms with van der Waals surface area (Å²) in [5.74, 6) is -0.178. The Labute approximate surface area is 108 Å². The van der Waals surface area contributed by atoms with Gasteiger partial charge < -0.3 is 10.1 Å². The van der Waals surface area contributed by atoms with E-state index in [1.54, 1.807) is 0 Å². The van der Waals surface area contributed by atoms with Crippen LogP contribution in [0.5, 0.6) is 0 Å². The second kappa shape index (κ2) is 5.98. The van der Waals surface area contributed by atoms with E-state index in [9.17, 15) is 4.79 Å². The van der Waals surface area contributed by atoms with Crippen LogP contribution in [-0.2, 0) is 9.53 Å². The molecule has 0 amide bonds. The Bertz CT molecular complexity index is 414. The molecule has 1 N–H and O–H groups in total. The van der Waals surface area contributed by atoms with E-state index < -0.39 is 0 Å². The number of hydrogen-bond acceptors (Lipinski definition) is 4. The number of carbonyl (C=O) groups excluding carboxylic acids is 1. The fourth-order valence-corrected chi connectivity index (χ4v) is 2.39. The lowest BCUT2D eigenvalue weighted by Crippen LogP contribution is -2.47. The first-order valence-electron chi connectivity index (χ1n) is 6.31. The largest absolute Gasteiger partial charge is 0.468 e. The third kappa shape index (κ3) is 2.89. The van der Waals surface area contributed by atoms with Crippen LogP contribution in [0.4, 0.5) is 0 Å². The summed E-state index contributed by atoms with van der Waals surface area (Å²) < 4.78 is 4.96. The zero-order chi connectivity index (χ0) is 13.0. The molecule has 1 aromatic rings. The topological polar surface area (TPSA) is 41.6 Å². The van der Waals surface area contributed by atoms with E-state index in [2.05, 4.69) is 16.3 Å². The molecule has 1 heterocycles. The first kappa shape index (κ1) is 13.1. The fourth-order valence-electron chi connectivity index (χ4n) is 2.39. The van der Waals surface area contributed by atoms with Gasteiger partial charge >= 0.3 is 5.97 Å². The molecule has 98 valence electrons. The summed E-state index contributed by atoms with van der Waals surface area (Å²) in [7, 11) is 1.45. The second-order valence-corrected chi connectivity index (χ2v) is 4.63. The molecule has 0 aliphatic carbocycles. The molecule has 1 aromatic carbocycles. The molecule has 0 unspecified atom stereocenters. The molecule has 1 fully saturated rings. The molecule has 1 saturated heterocycles. The standard InChI is InChI=1S/C14H20N2O2/c1-11-4-3-5-12(10-11)13(14(17)18-2)16-8-6-15-7-9-16/h3-5,10,13,15H,6-9H2,1-2H3/t13-/m0/s1. The Morgan fingerprint density at radius 2 is 2.11 bits per heavy atom. The van der Waals surface area contributed by atoms with Crippen LogP contribution in [0.2, 0.25) is 0 Å². The number of piperazine rings is 1. The Hall–Kier alpha value is -1.39. The normalized spacial score (nSPS) is 18.3. The molecule has 1 aliphatic rings. The van der Waals surface area contributed by atoms with Crippen molar-refractivity contribution in [2.24, 2.45) is 0 Å². The lowest BCUT2D eigenvalue weighted by molar-refractivity contribution is -0.147. The van der Waals surface area contributed by atoms with Crippen molar-refractivity contribution in [1.82, 2.24) is 10.2 Å². The van der Waals surface area contributed by atoms with Crippen molar-refractivity contribution in [2.75, 3.05) is 33.3 Å². The number of ether oxygens (including phenoxy) is 1. The highest BCUT2D eigenvalue weighted by Crippen LogP contribution is 2.23. The molecule has 0 saturated carbocycles. The van der Waals surface area contributed by atoms with Gasteiger partial charge in [-0.15, -0.1) is 0 Å². The predicted octanol–water partition coefficient (Wildman–Crippen LogP) is 1.11. The number of benzene rings is 1. The molecule has 0 spiro atoms. The number of aryl methyl sites for hydroxylation is 1. The van der Waals surface area contributed by atoms with Crippen molar-refractivity contribution in [1.29, 1.82) is 0 Å². The maximum Gasteiger partial charge on any atom is 0.327 e. The highest BCUT2D eigenvalue weighted by atomic mass is 16.5. The molecular weight excluding hydrogens is 228 g/mol. The molecular formula is C14H20N2O2. The third-order valence-corrected chi connectivity index (χ3v) is 3.30. The van der Waals surface area contributed by atoms with Crippen molar-refractivity contribution < 1.29 is 9.53 Å². The minimum absolute atomic E-state index is 0.178. The van der Waals surface area contributed by atoms with E-state index in [0.717, 1.165) is 37.3 Å². The number of carbonyl (C=O) groups is 1. The molecule has 1 atom stereocenters. The first-order valence-corrected chi connectivity index (χ1v) is 6.31. The highest BCUT2D eigenvalue weighted by Gasteiger charge is 2.29. The molecule has 1 aliphatic heterocycles. The summed E-state index contributed by atoms with van der Waals surface area (Å²) in [6, 6.07) is 7.80. The lowest BCUT2D eigenvalue weighted by atomic mass is 10.0. The summed E-state index contributed by atoms with van der Waals surface area (Å²) in [4.78, 5) is 14.2. The van der Waals surface area contributed by atoms with E-state index >= 15 is 0 Å². The number of hydrogen-bond donors (Lipinski definition) is 1. The highest BCUT2D eigenvalue weighted by molar-refractivity contribution is 5.77. The number of nitrogens with zero attached hydrogens (tertiary/aromatic N) is 1. The summed E-state index contributed by atoms with van der Waals surface area (Å²) in [6.07, 6.45) is 0. The van der Waals surface area contributed by atoms with Gasteiger partial charge in [0.1, 0.15) is 6.04 Å². The van der Waals surface area contributed by atoms with Crippen LogP contribution in [0.1, 0.15) is 17.2 Å². The average molecular weight is 248 g/mol. The van der Waals surface area contributed by atoms with E-state index in [-0.39, 0.29) is 12.0 Å². The molecule has 4 heteroatoms. The Morgan fingerprint density at radius 3 is 2.72 bits per heavy atom. The zero-order valence-electron chi connectivity index (χ0n) is 11.0. The Morgan fingerprint density at radius 1 is 1.39 bits per heavy atom. The van der Waals surface area contributed by atoms with Crippen LogP contribution in [0.15, 0.2) is 24.3 Å². The van der Waals surface area contributed by atoms with Crippen LogP contribution in [0.25, 0.3) is 0 Å². The summed E-state index contributed by atoms with van der Waals surface area (Å²) in [6.45, 7) is 5.61. The molecule has 0 bridgehead atoms. The van der Waals surface area contributed by atoms with Crippen molar-refractivity contribution in [3.05, 3.63) is 35.4 Å². The molecule has 2 rings (SSSR count). The van der Waals surface area contributed by atoms with Gasteiger partial charge in [-0.05, 0) is 12.5 Å². The van der Waals surface area contributed by atoms with Crippen molar-refractivity contribution >= 4 is 5.97 Å². The SMILES string of the molecule is COC(=O)[C@H](c1cccc(C)c1)N1CCNCC1. The van der Waals surface area contributed by atoms with Gasteiger partial charge in [0.05, 0.1) is 7.11 Å². The molecule has 4 nitrogen and oxygen atoms in total. The monoisotopic (exact) mass is 248 g/mol. The smallest absolute Gasteiger partial charge is 0.327 e. The van der Waals surface area contributed by atoms with Gasteiger partial charge in [0, 0.05) is 26.2 Å². The van der Waals surface area contributed by atoms with Gasteiger partial charge in [0.25, 0.3) is 0 Å². The predicted molar refractivity (Wildman–Crippen MR) is 70.4 cm³/mol. The van der Waals surface area contributed by atoms with E-state index in [0.29, 0.717) is 0 Å². The van der Waals surface area contributed by atoms with Gasteiger partial charge in [-0.2, -0.15) is 0 Å². The Balaban J connectivity index is 2.26. The third-order valence-electron chi connectivity index (χ3n) is 3.30. The van der Waals surface area contributed by atoms with E-state index in [1.165, 1.54) is 7.11 Å². The molecule has 0 radical (unpaired) electrons. The minimum Gasteiger partial charge on any atom is -0.468 e. The first-order chi connectivity index (χ1) is 8.72. The van der Waals surface area contributed by atoms with Crippen LogP contribution in [0, 0.1) is 6.92 Å². The van der Waals surface area contributed by atoms with Crippen molar-refractivity contribution in [3.63, 3.8) is 0 Å². The van der Waals surface area contributed by atoms with Crippen molar-refractivity contribution in [2.45, 2.75) is 13.0 Å². The van der Waals surface area contributed by atoms with Gasteiger partial charge in [-0.1, -0.05) is 29.8 Å². The number of esters is 1. The number of methoxy groups -OCH3 is 1. The zero-order valence-corrected chi connectivity index (χ0v) is 11.0.